The van der Waals surface area contributed by atoms with Crippen LogP contribution in [-0.4, -0.2) is 10.9 Å². The average Bonchev–Trinajstić information content (AvgIpc) is 2.70. The molecule has 0 saturated heterocycles. The first-order chi connectivity index (χ1) is 13.1. The Bertz CT molecular complexity index is 947. The number of aryl methyl sites for hydroxylation is 1. The standard InChI is InChI=1S/C21H16FN3O2/c22-17-6-9-19(10-7-17)27-21-12-8-18(14-24-21)25-20(26)11-5-15-1-3-16(13-23)4-2-15/h1-4,6-10,12,14H,5,11H2,(H,25,26). The van der Waals surface area contributed by atoms with Crippen LogP contribution in [0.3, 0.4) is 0 Å². The van der Waals surface area contributed by atoms with Crippen LogP contribution in [-0.2, 0) is 11.2 Å². The van der Waals surface area contributed by atoms with E-state index in [2.05, 4.69) is 16.4 Å². The molecule has 0 saturated carbocycles. The van der Waals surface area contributed by atoms with Gasteiger partial charge in [-0.3, -0.25) is 4.79 Å². The van der Waals surface area contributed by atoms with Crippen LogP contribution in [0.2, 0.25) is 0 Å². The second kappa shape index (κ2) is 8.59. The van der Waals surface area contributed by atoms with Crippen molar-refractivity contribution >= 4 is 11.6 Å². The molecule has 1 amide bonds. The lowest BCUT2D eigenvalue weighted by atomic mass is 10.1. The molecule has 0 unspecified atom stereocenters. The number of nitriles is 1. The molecule has 27 heavy (non-hydrogen) atoms. The quantitative estimate of drug-likeness (QED) is 0.703. The predicted molar refractivity (Wildman–Crippen MR) is 98.8 cm³/mol. The van der Waals surface area contributed by atoms with Crippen LogP contribution in [0.1, 0.15) is 17.5 Å². The zero-order valence-corrected chi connectivity index (χ0v) is 14.4. The second-order valence-electron chi connectivity index (χ2n) is 5.80. The van der Waals surface area contributed by atoms with Gasteiger partial charge in [0.05, 0.1) is 23.5 Å². The summed E-state index contributed by atoms with van der Waals surface area (Å²) in [6, 6.07) is 18.1. The Morgan fingerprint density at radius 3 is 2.44 bits per heavy atom. The predicted octanol–water partition coefficient (Wildman–Crippen LogP) is 4.46. The van der Waals surface area contributed by atoms with E-state index in [9.17, 15) is 9.18 Å². The van der Waals surface area contributed by atoms with Crippen molar-refractivity contribution < 1.29 is 13.9 Å². The van der Waals surface area contributed by atoms with Gasteiger partial charge in [0, 0.05) is 12.5 Å². The van der Waals surface area contributed by atoms with Crippen molar-refractivity contribution in [3.63, 3.8) is 0 Å². The lowest BCUT2D eigenvalue weighted by Gasteiger charge is -2.07. The maximum Gasteiger partial charge on any atom is 0.224 e. The van der Waals surface area contributed by atoms with Crippen molar-refractivity contribution in [3.05, 3.63) is 83.8 Å². The number of ether oxygens (including phenoxy) is 1. The summed E-state index contributed by atoms with van der Waals surface area (Å²) >= 11 is 0. The van der Waals surface area contributed by atoms with Gasteiger partial charge in [0.2, 0.25) is 11.8 Å². The number of carbonyl (C=O) groups excluding carboxylic acids is 1. The van der Waals surface area contributed by atoms with Gasteiger partial charge in [-0.25, -0.2) is 9.37 Å². The summed E-state index contributed by atoms with van der Waals surface area (Å²) in [6.45, 7) is 0. The van der Waals surface area contributed by atoms with Crippen LogP contribution in [0.4, 0.5) is 10.1 Å². The summed E-state index contributed by atoms with van der Waals surface area (Å²) < 4.78 is 18.4. The molecule has 0 spiro atoms. The van der Waals surface area contributed by atoms with Crippen molar-refractivity contribution in [1.82, 2.24) is 4.98 Å². The number of carbonyl (C=O) groups is 1. The average molecular weight is 361 g/mol. The third-order valence-corrected chi connectivity index (χ3v) is 3.78. The lowest BCUT2D eigenvalue weighted by molar-refractivity contribution is -0.116. The Morgan fingerprint density at radius 1 is 1.07 bits per heavy atom. The number of nitrogens with one attached hydrogen (secondary N) is 1. The largest absolute Gasteiger partial charge is 0.439 e. The van der Waals surface area contributed by atoms with Gasteiger partial charge in [0.25, 0.3) is 0 Å². The lowest BCUT2D eigenvalue weighted by Crippen LogP contribution is -2.12. The first-order valence-electron chi connectivity index (χ1n) is 8.31. The maximum absolute atomic E-state index is 12.9. The summed E-state index contributed by atoms with van der Waals surface area (Å²) in [5.41, 5.74) is 2.15. The van der Waals surface area contributed by atoms with Crippen LogP contribution in [0.15, 0.2) is 66.9 Å². The third kappa shape index (κ3) is 5.38. The first-order valence-corrected chi connectivity index (χ1v) is 8.31. The monoisotopic (exact) mass is 361 g/mol. The van der Waals surface area contributed by atoms with E-state index in [1.54, 1.807) is 24.3 Å². The molecular weight excluding hydrogens is 345 g/mol. The van der Waals surface area contributed by atoms with Gasteiger partial charge >= 0.3 is 0 Å². The fraction of sp³-hybridized carbons (Fsp3) is 0.0952. The number of rotatable bonds is 6. The SMILES string of the molecule is N#Cc1ccc(CCC(=O)Nc2ccc(Oc3ccc(F)cc3)nc2)cc1. The Morgan fingerprint density at radius 2 is 1.81 bits per heavy atom. The highest BCUT2D eigenvalue weighted by Gasteiger charge is 2.05. The molecule has 0 aliphatic heterocycles. The number of nitrogens with zero attached hydrogens (tertiary/aromatic N) is 2. The molecule has 0 aliphatic rings. The summed E-state index contributed by atoms with van der Waals surface area (Å²) in [4.78, 5) is 16.2. The number of benzene rings is 2. The second-order valence-corrected chi connectivity index (χ2v) is 5.80. The van der Waals surface area contributed by atoms with Gasteiger partial charge in [-0.1, -0.05) is 12.1 Å². The Hall–Kier alpha value is -3.72. The minimum atomic E-state index is -0.339. The van der Waals surface area contributed by atoms with Gasteiger partial charge in [-0.05, 0) is 54.4 Å². The minimum absolute atomic E-state index is 0.131. The summed E-state index contributed by atoms with van der Waals surface area (Å²) in [5.74, 6) is 0.350. The van der Waals surface area contributed by atoms with E-state index in [4.69, 9.17) is 10.00 Å². The molecule has 0 aliphatic carbocycles. The topological polar surface area (TPSA) is 75.0 Å². The van der Waals surface area contributed by atoms with Gasteiger partial charge in [-0.2, -0.15) is 5.26 Å². The van der Waals surface area contributed by atoms with Crippen LogP contribution < -0.4 is 10.1 Å². The van der Waals surface area contributed by atoms with E-state index in [1.807, 2.05) is 12.1 Å². The number of aromatic nitrogens is 1. The summed E-state index contributed by atoms with van der Waals surface area (Å²) in [5, 5.41) is 11.6. The van der Waals surface area contributed by atoms with Crippen LogP contribution in [0.25, 0.3) is 0 Å². The van der Waals surface area contributed by atoms with E-state index < -0.39 is 0 Å². The van der Waals surface area contributed by atoms with Crippen molar-refractivity contribution in [2.75, 3.05) is 5.32 Å². The number of halogens is 1. The normalized spacial score (nSPS) is 10.1. The molecule has 1 aromatic heterocycles. The van der Waals surface area contributed by atoms with Crippen molar-refractivity contribution in [3.8, 4) is 17.7 Å². The molecule has 0 fully saturated rings. The molecule has 3 rings (SSSR count). The van der Waals surface area contributed by atoms with Crippen molar-refractivity contribution in [1.29, 1.82) is 5.26 Å². The van der Waals surface area contributed by atoms with Gasteiger partial charge in [0.15, 0.2) is 0 Å². The molecular formula is C21H16FN3O2. The van der Waals surface area contributed by atoms with Crippen LogP contribution in [0.5, 0.6) is 11.6 Å². The molecule has 6 heteroatoms. The fourth-order valence-corrected chi connectivity index (χ4v) is 2.37. The van der Waals surface area contributed by atoms with E-state index >= 15 is 0 Å². The van der Waals surface area contributed by atoms with E-state index in [1.165, 1.54) is 30.5 Å². The van der Waals surface area contributed by atoms with Crippen LogP contribution in [0, 0.1) is 17.1 Å². The summed E-state index contributed by atoms with van der Waals surface area (Å²) in [7, 11) is 0. The minimum Gasteiger partial charge on any atom is -0.439 e. The van der Waals surface area contributed by atoms with E-state index in [0.717, 1.165) is 5.56 Å². The fourth-order valence-electron chi connectivity index (χ4n) is 2.37. The molecule has 0 bridgehead atoms. The molecule has 5 nitrogen and oxygen atoms in total. The first kappa shape index (κ1) is 18.1. The molecule has 3 aromatic rings. The van der Waals surface area contributed by atoms with E-state index in [0.29, 0.717) is 35.7 Å². The third-order valence-electron chi connectivity index (χ3n) is 3.78. The number of anilines is 1. The zero-order chi connectivity index (χ0) is 19.1. The van der Waals surface area contributed by atoms with E-state index in [-0.39, 0.29) is 11.7 Å². The molecule has 2 aromatic carbocycles. The highest BCUT2D eigenvalue weighted by molar-refractivity contribution is 5.90. The van der Waals surface area contributed by atoms with Gasteiger partial charge in [0.1, 0.15) is 11.6 Å². The Kier molecular flexibility index (Phi) is 5.75. The molecule has 1 heterocycles. The smallest absolute Gasteiger partial charge is 0.224 e. The van der Waals surface area contributed by atoms with Crippen molar-refractivity contribution in [2.45, 2.75) is 12.8 Å². The Labute approximate surface area is 156 Å². The highest BCUT2D eigenvalue weighted by atomic mass is 19.1. The maximum atomic E-state index is 12.9. The number of amides is 1. The summed E-state index contributed by atoms with van der Waals surface area (Å²) in [6.07, 6.45) is 2.40. The Balaban J connectivity index is 1.50. The van der Waals surface area contributed by atoms with Gasteiger partial charge < -0.3 is 10.1 Å². The molecule has 0 atom stereocenters. The number of hydrogen-bond donors (Lipinski definition) is 1. The number of hydrogen-bond acceptors (Lipinski definition) is 4. The molecule has 134 valence electrons. The highest BCUT2D eigenvalue weighted by Crippen LogP contribution is 2.20. The number of pyridine rings is 1. The molecule has 0 radical (unpaired) electrons. The molecule has 1 N–H and O–H groups in total. The van der Waals surface area contributed by atoms with Crippen molar-refractivity contribution in [2.24, 2.45) is 0 Å². The van der Waals surface area contributed by atoms with Gasteiger partial charge in [-0.15, -0.1) is 0 Å². The zero-order valence-electron chi connectivity index (χ0n) is 14.4. The van der Waals surface area contributed by atoms with Crippen LogP contribution >= 0.6 is 0 Å².